The maximum absolute atomic E-state index is 12.9. The van der Waals surface area contributed by atoms with Gasteiger partial charge in [-0.15, -0.1) is 0 Å². The van der Waals surface area contributed by atoms with E-state index in [1.807, 2.05) is 51.1 Å². The minimum atomic E-state index is -0.229. The SMILES string of the molecule is CCOc1c(/C(C)=C/C(=O)Nc2cccc(OC)c2)cc2c(-c3ccc4ccccc4c3)coc2c1C. The highest BCUT2D eigenvalue weighted by Crippen LogP contribution is 2.41. The lowest BCUT2D eigenvalue weighted by atomic mass is 9.95. The van der Waals surface area contributed by atoms with Crippen LogP contribution in [0.25, 0.3) is 38.4 Å². The minimum absolute atomic E-state index is 0.229. The standard InChI is InChI=1S/C32H29NO4/c1-5-36-31-21(3)32-28(29(19-37-32)24-14-13-22-9-6-7-10-23(22)16-24)18-27(31)20(2)15-30(34)33-25-11-8-12-26(17-25)35-4/h6-19H,5H2,1-4H3,(H,33,34)/b20-15+. The lowest BCUT2D eigenvalue weighted by molar-refractivity contribution is -0.111. The van der Waals surface area contributed by atoms with Crippen molar-refractivity contribution in [2.75, 3.05) is 19.0 Å². The van der Waals surface area contributed by atoms with Crippen LogP contribution < -0.4 is 14.8 Å². The average molecular weight is 492 g/mol. The van der Waals surface area contributed by atoms with E-state index in [0.29, 0.717) is 18.0 Å². The van der Waals surface area contributed by atoms with Crippen molar-refractivity contribution in [3.63, 3.8) is 0 Å². The Morgan fingerprint density at radius 2 is 1.81 bits per heavy atom. The van der Waals surface area contributed by atoms with E-state index < -0.39 is 0 Å². The lowest BCUT2D eigenvalue weighted by Gasteiger charge is -2.15. The van der Waals surface area contributed by atoms with Crippen molar-refractivity contribution in [1.29, 1.82) is 0 Å². The smallest absolute Gasteiger partial charge is 0.248 e. The molecule has 0 aliphatic carbocycles. The third-order valence-corrected chi connectivity index (χ3v) is 6.50. The van der Waals surface area contributed by atoms with E-state index in [2.05, 4.69) is 41.7 Å². The fourth-order valence-electron chi connectivity index (χ4n) is 4.67. The molecule has 5 nitrogen and oxygen atoms in total. The molecule has 0 unspecified atom stereocenters. The number of hydrogen-bond acceptors (Lipinski definition) is 4. The van der Waals surface area contributed by atoms with Crippen LogP contribution >= 0.6 is 0 Å². The molecule has 37 heavy (non-hydrogen) atoms. The van der Waals surface area contributed by atoms with E-state index >= 15 is 0 Å². The molecule has 0 aliphatic heterocycles. The molecule has 0 saturated heterocycles. The van der Waals surface area contributed by atoms with Crippen LogP contribution in [-0.2, 0) is 4.79 Å². The minimum Gasteiger partial charge on any atom is -0.497 e. The van der Waals surface area contributed by atoms with Gasteiger partial charge in [0.05, 0.1) is 20.0 Å². The van der Waals surface area contributed by atoms with Gasteiger partial charge < -0.3 is 19.2 Å². The summed E-state index contributed by atoms with van der Waals surface area (Å²) in [6, 6.07) is 24.1. The highest BCUT2D eigenvalue weighted by atomic mass is 16.5. The number of rotatable bonds is 7. The van der Waals surface area contributed by atoms with Crippen molar-refractivity contribution >= 4 is 38.9 Å². The van der Waals surface area contributed by atoms with Gasteiger partial charge in [-0.2, -0.15) is 0 Å². The third-order valence-electron chi connectivity index (χ3n) is 6.50. The van der Waals surface area contributed by atoms with Crippen LogP contribution in [0.4, 0.5) is 5.69 Å². The van der Waals surface area contributed by atoms with Crippen molar-refractivity contribution in [2.45, 2.75) is 20.8 Å². The highest BCUT2D eigenvalue weighted by Gasteiger charge is 2.19. The largest absolute Gasteiger partial charge is 0.497 e. The molecule has 0 spiro atoms. The van der Waals surface area contributed by atoms with Crippen LogP contribution in [0.3, 0.4) is 0 Å². The number of carbonyl (C=O) groups excluding carboxylic acids is 1. The number of ether oxygens (including phenoxy) is 2. The number of amides is 1. The van der Waals surface area contributed by atoms with Crippen molar-refractivity contribution in [2.24, 2.45) is 0 Å². The van der Waals surface area contributed by atoms with Gasteiger partial charge in [0.15, 0.2) is 0 Å². The average Bonchev–Trinajstić information content (AvgIpc) is 3.34. The molecular weight excluding hydrogens is 462 g/mol. The molecule has 1 aromatic heterocycles. The van der Waals surface area contributed by atoms with E-state index in [4.69, 9.17) is 13.9 Å². The van der Waals surface area contributed by atoms with E-state index in [0.717, 1.165) is 44.5 Å². The number of benzene rings is 4. The summed E-state index contributed by atoms with van der Waals surface area (Å²) in [4.78, 5) is 12.9. The molecule has 0 fully saturated rings. The number of methoxy groups -OCH3 is 1. The molecule has 4 aromatic carbocycles. The van der Waals surface area contributed by atoms with Crippen LogP contribution in [-0.4, -0.2) is 19.6 Å². The number of aryl methyl sites for hydroxylation is 1. The van der Waals surface area contributed by atoms with Gasteiger partial charge in [0, 0.05) is 39.9 Å². The maximum Gasteiger partial charge on any atom is 0.248 e. The summed E-state index contributed by atoms with van der Waals surface area (Å²) < 4.78 is 17.4. The fraction of sp³-hybridized carbons (Fsp3) is 0.156. The van der Waals surface area contributed by atoms with Crippen molar-refractivity contribution < 1.29 is 18.7 Å². The predicted octanol–water partition coefficient (Wildman–Crippen LogP) is 8.01. The zero-order valence-corrected chi connectivity index (χ0v) is 21.4. The fourth-order valence-corrected chi connectivity index (χ4v) is 4.67. The second-order valence-electron chi connectivity index (χ2n) is 8.95. The van der Waals surface area contributed by atoms with E-state index in [1.165, 1.54) is 10.8 Å². The summed E-state index contributed by atoms with van der Waals surface area (Å²) in [7, 11) is 1.60. The number of carbonyl (C=O) groups is 1. The van der Waals surface area contributed by atoms with Crippen molar-refractivity contribution in [1.82, 2.24) is 0 Å². The third kappa shape index (κ3) is 4.81. The summed E-state index contributed by atoms with van der Waals surface area (Å²) in [5.41, 5.74) is 6.08. The van der Waals surface area contributed by atoms with Crippen LogP contribution in [0.15, 0.2) is 89.6 Å². The first-order valence-electron chi connectivity index (χ1n) is 12.3. The Balaban J connectivity index is 1.57. The van der Waals surface area contributed by atoms with Crippen LogP contribution in [0.5, 0.6) is 11.5 Å². The molecule has 0 atom stereocenters. The lowest BCUT2D eigenvalue weighted by Crippen LogP contribution is -2.09. The van der Waals surface area contributed by atoms with E-state index in [-0.39, 0.29) is 5.91 Å². The molecule has 5 rings (SSSR count). The van der Waals surface area contributed by atoms with E-state index in [9.17, 15) is 4.79 Å². The Bertz CT molecular complexity index is 1640. The number of anilines is 1. The first kappa shape index (κ1) is 24.2. The molecule has 5 heteroatoms. The number of nitrogens with one attached hydrogen (secondary N) is 1. The van der Waals surface area contributed by atoms with Crippen LogP contribution in [0.2, 0.25) is 0 Å². The number of furan rings is 1. The zero-order valence-electron chi connectivity index (χ0n) is 21.4. The molecule has 5 aromatic rings. The van der Waals surface area contributed by atoms with Crippen molar-refractivity contribution in [3.8, 4) is 22.6 Å². The Kier molecular flexibility index (Phi) is 6.69. The normalized spacial score (nSPS) is 11.6. The molecule has 1 amide bonds. The molecule has 0 aliphatic rings. The van der Waals surface area contributed by atoms with Gasteiger partial charge in [0.2, 0.25) is 5.91 Å². The van der Waals surface area contributed by atoms with Gasteiger partial charge in [-0.3, -0.25) is 4.79 Å². The van der Waals surface area contributed by atoms with Crippen LogP contribution in [0, 0.1) is 6.92 Å². The molecule has 0 saturated carbocycles. The van der Waals surface area contributed by atoms with Gasteiger partial charge in [0.25, 0.3) is 0 Å². The zero-order chi connectivity index (χ0) is 25.9. The Hall–Kier alpha value is -4.51. The summed E-state index contributed by atoms with van der Waals surface area (Å²) in [5.74, 6) is 1.17. The van der Waals surface area contributed by atoms with Gasteiger partial charge >= 0.3 is 0 Å². The van der Waals surface area contributed by atoms with Crippen molar-refractivity contribution in [3.05, 3.63) is 96.3 Å². The summed E-state index contributed by atoms with van der Waals surface area (Å²) in [6.07, 6.45) is 3.40. The van der Waals surface area contributed by atoms with Gasteiger partial charge in [-0.05, 0) is 66.9 Å². The monoisotopic (exact) mass is 491 g/mol. The summed E-state index contributed by atoms with van der Waals surface area (Å²) in [5, 5.41) is 6.25. The molecule has 1 N–H and O–H groups in total. The van der Waals surface area contributed by atoms with Gasteiger partial charge in [-0.25, -0.2) is 0 Å². The summed E-state index contributed by atoms with van der Waals surface area (Å²) in [6.45, 7) is 6.36. The number of hydrogen-bond donors (Lipinski definition) is 1. The molecule has 0 radical (unpaired) electrons. The Labute approximate surface area is 216 Å². The topological polar surface area (TPSA) is 60.7 Å². The van der Waals surface area contributed by atoms with Crippen LogP contribution in [0.1, 0.15) is 25.0 Å². The second kappa shape index (κ2) is 10.2. The second-order valence-corrected chi connectivity index (χ2v) is 8.95. The summed E-state index contributed by atoms with van der Waals surface area (Å²) >= 11 is 0. The number of fused-ring (bicyclic) bond motifs is 2. The predicted molar refractivity (Wildman–Crippen MR) is 150 cm³/mol. The molecular formula is C32H29NO4. The Morgan fingerprint density at radius 3 is 2.59 bits per heavy atom. The molecule has 0 bridgehead atoms. The quantitative estimate of drug-likeness (QED) is 0.234. The first-order chi connectivity index (χ1) is 18.0. The Morgan fingerprint density at radius 1 is 1.00 bits per heavy atom. The van der Waals surface area contributed by atoms with E-state index in [1.54, 1.807) is 25.5 Å². The van der Waals surface area contributed by atoms with Gasteiger partial charge in [-0.1, -0.05) is 42.5 Å². The number of allylic oxidation sites excluding steroid dienone is 1. The molecule has 1 heterocycles. The van der Waals surface area contributed by atoms with Gasteiger partial charge in [0.1, 0.15) is 17.1 Å². The molecule has 186 valence electrons. The first-order valence-corrected chi connectivity index (χ1v) is 12.3. The maximum atomic E-state index is 12.9. The highest BCUT2D eigenvalue weighted by molar-refractivity contribution is 6.06.